The van der Waals surface area contributed by atoms with Crippen LogP contribution in [0.25, 0.3) is 0 Å². The van der Waals surface area contributed by atoms with Gasteiger partial charge in [-0.15, -0.1) is 6.58 Å². The van der Waals surface area contributed by atoms with E-state index in [4.69, 9.17) is 0 Å². The summed E-state index contributed by atoms with van der Waals surface area (Å²) < 4.78 is 1.79. The molecule has 12 heavy (non-hydrogen) atoms. The van der Waals surface area contributed by atoms with Crippen molar-refractivity contribution in [2.24, 2.45) is 7.05 Å². The van der Waals surface area contributed by atoms with Crippen LogP contribution in [0.1, 0.15) is 18.5 Å². The van der Waals surface area contributed by atoms with Gasteiger partial charge in [0.15, 0.2) is 0 Å². The number of aryl methyl sites for hydroxylation is 1. The van der Waals surface area contributed by atoms with Crippen LogP contribution in [-0.4, -0.2) is 16.3 Å². The van der Waals surface area contributed by atoms with Crippen molar-refractivity contribution < 1.29 is 0 Å². The molecule has 1 aromatic rings. The molecule has 1 aromatic heterocycles. The second-order valence-corrected chi connectivity index (χ2v) is 2.72. The SMILES string of the molecule is C=CC(NCC)c1cnn(C)c1. The molecule has 0 aromatic carbocycles. The molecule has 1 heterocycles. The second kappa shape index (κ2) is 4.07. The fourth-order valence-electron chi connectivity index (χ4n) is 1.16. The molecule has 0 amide bonds. The number of rotatable bonds is 4. The summed E-state index contributed by atoms with van der Waals surface area (Å²) in [6.45, 7) is 6.78. The van der Waals surface area contributed by atoms with E-state index in [0.29, 0.717) is 0 Å². The first kappa shape index (κ1) is 9.00. The van der Waals surface area contributed by atoms with E-state index < -0.39 is 0 Å². The Balaban J connectivity index is 2.72. The van der Waals surface area contributed by atoms with Crippen LogP contribution in [0, 0.1) is 0 Å². The molecule has 0 aliphatic carbocycles. The van der Waals surface area contributed by atoms with Crippen molar-refractivity contribution in [3.05, 3.63) is 30.6 Å². The van der Waals surface area contributed by atoms with E-state index in [2.05, 4.69) is 23.9 Å². The van der Waals surface area contributed by atoms with Crippen molar-refractivity contribution in [2.45, 2.75) is 13.0 Å². The first-order valence-electron chi connectivity index (χ1n) is 4.12. The fraction of sp³-hybridized carbons (Fsp3) is 0.444. The summed E-state index contributed by atoms with van der Waals surface area (Å²) in [5.41, 5.74) is 1.16. The molecular formula is C9H15N3. The molecule has 0 aliphatic rings. The number of aromatic nitrogens is 2. The summed E-state index contributed by atoms with van der Waals surface area (Å²) in [7, 11) is 1.91. The van der Waals surface area contributed by atoms with Gasteiger partial charge in [0.2, 0.25) is 0 Å². The van der Waals surface area contributed by atoms with E-state index in [1.165, 1.54) is 0 Å². The third-order valence-corrected chi connectivity index (χ3v) is 1.74. The minimum atomic E-state index is 0.226. The van der Waals surface area contributed by atoms with Gasteiger partial charge in [-0.3, -0.25) is 4.68 Å². The molecule has 66 valence electrons. The first-order chi connectivity index (χ1) is 5.77. The molecule has 1 rings (SSSR count). The van der Waals surface area contributed by atoms with Gasteiger partial charge in [0, 0.05) is 18.8 Å². The quantitative estimate of drug-likeness (QED) is 0.681. The zero-order valence-electron chi connectivity index (χ0n) is 7.62. The molecule has 1 atom stereocenters. The van der Waals surface area contributed by atoms with Gasteiger partial charge in [-0.1, -0.05) is 13.0 Å². The average molecular weight is 165 g/mol. The van der Waals surface area contributed by atoms with Gasteiger partial charge < -0.3 is 5.32 Å². The van der Waals surface area contributed by atoms with Crippen molar-refractivity contribution in [1.82, 2.24) is 15.1 Å². The Kier molecular flexibility index (Phi) is 3.05. The molecular weight excluding hydrogens is 150 g/mol. The van der Waals surface area contributed by atoms with Crippen LogP contribution in [0.2, 0.25) is 0 Å². The van der Waals surface area contributed by atoms with Crippen LogP contribution in [0.15, 0.2) is 25.0 Å². The van der Waals surface area contributed by atoms with Crippen LogP contribution >= 0.6 is 0 Å². The Bertz CT molecular complexity index is 252. The minimum Gasteiger partial charge on any atom is -0.307 e. The van der Waals surface area contributed by atoms with E-state index in [9.17, 15) is 0 Å². The topological polar surface area (TPSA) is 29.9 Å². The predicted octanol–water partition coefficient (Wildman–Crippen LogP) is 1.26. The molecule has 3 heteroatoms. The van der Waals surface area contributed by atoms with Gasteiger partial charge in [0.1, 0.15) is 0 Å². The fourth-order valence-corrected chi connectivity index (χ4v) is 1.16. The first-order valence-corrected chi connectivity index (χ1v) is 4.12. The van der Waals surface area contributed by atoms with Crippen molar-refractivity contribution in [2.75, 3.05) is 6.54 Å². The number of nitrogens with zero attached hydrogens (tertiary/aromatic N) is 2. The average Bonchev–Trinajstić information content (AvgIpc) is 2.47. The monoisotopic (exact) mass is 165 g/mol. The summed E-state index contributed by atoms with van der Waals surface area (Å²) in [5, 5.41) is 7.39. The Morgan fingerprint density at radius 3 is 3.00 bits per heavy atom. The summed E-state index contributed by atoms with van der Waals surface area (Å²) in [5.74, 6) is 0. The maximum absolute atomic E-state index is 4.10. The zero-order valence-corrected chi connectivity index (χ0v) is 7.62. The second-order valence-electron chi connectivity index (χ2n) is 2.72. The van der Waals surface area contributed by atoms with Crippen LogP contribution in [-0.2, 0) is 7.05 Å². The molecule has 0 saturated heterocycles. The summed E-state index contributed by atoms with van der Waals surface area (Å²) in [4.78, 5) is 0. The maximum Gasteiger partial charge on any atom is 0.0540 e. The van der Waals surface area contributed by atoms with E-state index in [0.717, 1.165) is 12.1 Å². The third kappa shape index (κ3) is 1.95. The van der Waals surface area contributed by atoms with Gasteiger partial charge in [0.05, 0.1) is 12.2 Å². The van der Waals surface area contributed by atoms with Gasteiger partial charge in [0.25, 0.3) is 0 Å². The van der Waals surface area contributed by atoms with Crippen molar-refractivity contribution in [3.63, 3.8) is 0 Å². The molecule has 0 aliphatic heterocycles. The van der Waals surface area contributed by atoms with Gasteiger partial charge >= 0.3 is 0 Å². The van der Waals surface area contributed by atoms with Crippen LogP contribution < -0.4 is 5.32 Å². The Morgan fingerprint density at radius 1 is 1.83 bits per heavy atom. The van der Waals surface area contributed by atoms with Gasteiger partial charge in [-0.05, 0) is 6.54 Å². The number of hydrogen-bond acceptors (Lipinski definition) is 2. The lowest BCUT2D eigenvalue weighted by molar-refractivity contribution is 0.648. The van der Waals surface area contributed by atoms with Crippen molar-refractivity contribution >= 4 is 0 Å². The van der Waals surface area contributed by atoms with Crippen molar-refractivity contribution in [3.8, 4) is 0 Å². The Morgan fingerprint density at radius 2 is 2.58 bits per heavy atom. The standard InChI is InChI=1S/C9H15N3/c1-4-9(10-5-2)8-6-11-12(3)7-8/h4,6-7,9-10H,1,5H2,2-3H3. The third-order valence-electron chi connectivity index (χ3n) is 1.74. The highest BCUT2D eigenvalue weighted by atomic mass is 15.2. The highest BCUT2D eigenvalue weighted by molar-refractivity contribution is 5.15. The number of nitrogens with one attached hydrogen (secondary N) is 1. The summed E-state index contributed by atoms with van der Waals surface area (Å²) >= 11 is 0. The number of likely N-dealkylation sites (N-methyl/N-ethyl adjacent to an activating group) is 1. The lowest BCUT2D eigenvalue weighted by Gasteiger charge is -2.09. The summed E-state index contributed by atoms with van der Waals surface area (Å²) in [6, 6.07) is 0.226. The van der Waals surface area contributed by atoms with Crippen LogP contribution in [0.4, 0.5) is 0 Å². The van der Waals surface area contributed by atoms with Crippen molar-refractivity contribution in [1.29, 1.82) is 0 Å². The maximum atomic E-state index is 4.10. The smallest absolute Gasteiger partial charge is 0.0540 e. The zero-order chi connectivity index (χ0) is 8.97. The molecule has 0 bridgehead atoms. The lowest BCUT2D eigenvalue weighted by Crippen LogP contribution is -2.18. The molecule has 3 nitrogen and oxygen atoms in total. The highest BCUT2D eigenvalue weighted by Gasteiger charge is 2.06. The number of hydrogen-bond donors (Lipinski definition) is 1. The molecule has 1 unspecified atom stereocenters. The van der Waals surface area contributed by atoms with E-state index in [-0.39, 0.29) is 6.04 Å². The Labute approximate surface area is 73.1 Å². The predicted molar refractivity (Wildman–Crippen MR) is 49.8 cm³/mol. The lowest BCUT2D eigenvalue weighted by atomic mass is 10.1. The molecule has 1 N–H and O–H groups in total. The van der Waals surface area contributed by atoms with E-state index in [1.807, 2.05) is 25.5 Å². The van der Waals surface area contributed by atoms with E-state index in [1.54, 1.807) is 4.68 Å². The van der Waals surface area contributed by atoms with Gasteiger partial charge in [-0.2, -0.15) is 5.10 Å². The molecule has 0 fully saturated rings. The highest BCUT2D eigenvalue weighted by Crippen LogP contribution is 2.11. The molecule has 0 radical (unpaired) electrons. The summed E-state index contributed by atoms with van der Waals surface area (Å²) in [6.07, 6.45) is 5.74. The van der Waals surface area contributed by atoms with Crippen LogP contribution in [0.5, 0.6) is 0 Å². The minimum absolute atomic E-state index is 0.226. The van der Waals surface area contributed by atoms with Crippen LogP contribution in [0.3, 0.4) is 0 Å². The normalized spacial score (nSPS) is 12.8. The van der Waals surface area contributed by atoms with Gasteiger partial charge in [-0.25, -0.2) is 0 Å². The largest absolute Gasteiger partial charge is 0.307 e. The molecule has 0 saturated carbocycles. The van der Waals surface area contributed by atoms with E-state index >= 15 is 0 Å². The molecule has 0 spiro atoms. The Hall–Kier alpha value is -1.09.